The number of piperazine rings is 1. The highest BCUT2D eigenvalue weighted by Crippen LogP contribution is 2.41. The molecule has 0 spiro atoms. The van der Waals surface area contributed by atoms with Gasteiger partial charge in [-0.15, -0.1) is 0 Å². The minimum Gasteiger partial charge on any atom is -0.488 e. The Kier molecular flexibility index (Phi) is 10.2. The standard InChI is InChI=1S/C45H53FN10O5/c1-27-23-55(39-22-36(47-26-48-39)41-33-19-30(61-45(2)11-12-45)3-4-35(33)50-51-41)18-17-54(27)25-29-7-13-52(14-8-29)24-28-9-15-53(16-10-28)38-21-32-31(20-34(38)46)43(59)56(44(32)60)37-5-6-40(57)49-42(37)58/h3-4,19-22,26-29,37H,5-18,23-25H2,1-2H3,(H,50,51)(H,49,57,58)/t27-,37?/m0/s1. The van der Waals surface area contributed by atoms with Gasteiger partial charge in [0.15, 0.2) is 0 Å². The van der Waals surface area contributed by atoms with Gasteiger partial charge in [0.05, 0.1) is 33.7 Å². The Balaban J connectivity index is 0.685. The van der Waals surface area contributed by atoms with Crippen LogP contribution in [0, 0.1) is 17.7 Å². The number of carbonyl (C=O) groups is 4. The molecule has 2 aromatic carbocycles. The number of halogens is 1. The van der Waals surface area contributed by atoms with Crippen LogP contribution in [0.15, 0.2) is 42.7 Å². The van der Waals surface area contributed by atoms with Gasteiger partial charge in [-0.3, -0.25) is 39.4 Å². The number of fused-ring (bicyclic) bond motifs is 2. The van der Waals surface area contributed by atoms with E-state index in [4.69, 9.17) is 4.74 Å². The van der Waals surface area contributed by atoms with Crippen LogP contribution in [-0.2, 0) is 9.59 Å². The summed E-state index contributed by atoms with van der Waals surface area (Å²) < 4.78 is 21.7. The van der Waals surface area contributed by atoms with Gasteiger partial charge in [0.25, 0.3) is 11.8 Å². The van der Waals surface area contributed by atoms with Gasteiger partial charge in [0.1, 0.15) is 35.4 Å². The van der Waals surface area contributed by atoms with Crippen molar-refractivity contribution in [3.8, 4) is 17.1 Å². The van der Waals surface area contributed by atoms with Gasteiger partial charge in [-0.25, -0.2) is 14.4 Å². The number of nitrogens with zero attached hydrogens (tertiary/aromatic N) is 8. The maximum absolute atomic E-state index is 15.5. The number of H-pyrrole nitrogens is 1. The Labute approximate surface area is 354 Å². The van der Waals surface area contributed by atoms with Crippen molar-refractivity contribution in [1.29, 1.82) is 0 Å². The van der Waals surface area contributed by atoms with Crippen LogP contribution in [0.1, 0.15) is 85.9 Å². The number of nitrogens with one attached hydrogen (secondary N) is 2. The number of benzene rings is 2. The summed E-state index contributed by atoms with van der Waals surface area (Å²) >= 11 is 0. The van der Waals surface area contributed by atoms with Crippen LogP contribution in [0.4, 0.5) is 15.9 Å². The fraction of sp³-hybridized carbons (Fsp3) is 0.533. The van der Waals surface area contributed by atoms with E-state index in [1.54, 1.807) is 6.33 Å². The Morgan fingerprint density at radius 3 is 2.31 bits per heavy atom. The second-order valence-electron chi connectivity index (χ2n) is 18.4. The van der Waals surface area contributed by atoms with Crippen molar-refractivity contribution in [2.75, 3.05) is 68.7 Å². The molecule has 15 nitrogen and oxygen atoms in total. The summed E-state index contributed by atoms with van der Waals surface area (Å²) in [7, 11) is 0. The van der Waals surface area contributed by atoms with Crippen molar-refractivity contribution in [3.05, 3.63) is 59.7 Å². The maximum Gasteiger partial charge on any atom is 0.262 e. The Morgan fingerprint density at radius 2 is 1.57 bits per heavy atom. The van der Waals surface area contributed by atoms with Gasteiger partial charge in [-0.2, -0.15) is 5.10 Å². The molecule has 2 aromatic heterocycles. The lowest BCUT2D eigenvalue weighted by Gasteiger charge is -2.43. The number of aromatic amines is 1. The van der Waals surface area contributed by atoms with E-state index in [1.165, 1.54) is 18.9 Å². The summed E-state index contributed by atoms with van der Waals surface area (Å²) in [5.74, 6) is -0.0379. The molecular formula is C45H53FN10O5. The highest BCUT2D eigenvalue weighted by molar-refractivity contribution is 6.23. The molecule has 4 aromatic rings. The van der Waals surface area contributed by atoms with Gasteiger partial charge < -0.3 is 19.4 Å². The van der Waals surface area contributed by atoms with E-state index in [0.29, 0.717) is 36.7 Å². The monoisotopic (exact) mass is 832 g/mol. The number of rotatable bonds is 10. The normalized spacial score (nSPS) is 24.1. The van der Waals surface area contributed by atoms with Gasteiger partial charge in [0, 0.05) is 69.7 Å². The number of anilines is 2. The molecule has 2 N–H and O–H groups in total. The topological polar surface area (TPSA) is 160 Å². The largest absolute Gasteiger partial charge is 0.488 e. The third kappa shape index (κ3) is 7.84. The number of ether oxygens (including phenoxy) is 1. The van der Waals surface area contributed by atoms with Crippen molar-refractivity contribution in [2.24, 2.45) is 11.8 Å². The number of piperidine rings is 3. The zero-order chi connectivity index (χ0) is 42.0. The Morgan fingerprint density at radius 1 is 0.836 bits per heavy atom. The summed E-state index contributed by atoms with van der Waals surface area (Å²) in [5, 5.41) is 10.9. The van der Waals surface area contributed by atoms with Gasteiger partial charge in [-0.05, 0) is 114 Å². The van der Waals surface area contributed by atoms with Crippen LogP contribution < -0.4 is 19.9 Å². The zero-order valence-corrected chi connectivity index (χ0v) is 34.9. The van der Waals surface area contributed by atoms with Crippen molar-refractivity contribution in [1.82, 2.24) is 40.2 Å². The van der Waals surface area contributed by atoms with E-state index in [1.807, 2.05) is 17.0 Å². The lowest BCUT2D eigenvalue weighted by molar-refractivity contribution is -0.136. The smallest absolute Gasteiger partial charge is 0.262 e. The van der Waals surface area contributed by atoms with Crippen LogP contribution in [0.3, 0.4) is 0 Å². The molecule has 1 saturated carbocycles. The van der Waals surface area contributed by atoms with Crippen molar-refractivity contribution < 1.29 is 28.3 Å². The van der Waals surface area contributed by atoms with Crippen molar-refractivity contribution in [2.45, 2.75) is 82.9 Å². The molecule has 61 heavy (non-hydrogen) atoms. The van der Waals surface area contributed by atoms with Gasteiger partial charge in [0.2, 0.25) is 11.8 Å². The van der Waals surface area contributed by atoms with Gasteiger partial charge in [-0.1, -0.05) is 0 Å². The summed E-state index contributed by atoms with van der Waals surface area (Å²) in [6.07, 6.45) is 8.07. The zero-order valence-electron chi connectivity index (χ0n) is 34.9. The molecule has 1 unspecified atom stereocenters. The molecule has 1 aliphatic carbocycles. The summed E-state index contributed by atoms with van der Waals surface area (Å²) in [6, 6.07) is 10.0. The first-order valence-corrected chi connectivity index (χ1v) is 22.0. The molecule has 5 fully saturated rings. The van der Waals surface area contributed by atoms with E-state index >= 15 is 4.39 Å². The fourth-order valence-corrected chi connectivity index (χ4v) is 10.1. The average Bonchev–Trinajstić information content (AvgIpc) is 3.75. The summed E-state index contributed by atoms with van der Waals surface area (Å²) in [6.45, 7) is 12.9. The second kappa shape index (κ2) is 15.8. The minimum atomic E-state index is -1.08. The molecule has 16 heteroatoms. The number of hydrogen-bond acceptors (Lipinski definition) is 12. The van der Waals surface area contributed by atoms with E-state index in [2.05, 4.69) is 66.2 Å². The van der Waals surface area contributed by atoms with E-state index < -0.39 is 35.5 Å². The number of imide groups is 2. The molecule has 0 bridgehead atoms. The van der Waals surface area contributed by atoms with Crippen LogP contribution in [-0.4, -0.2) is 135 Å². The maximum atomic E-state index is 15.5. The Bertz CT molecular complexity index is 2390. The lowest BCUT2D eigenvalue weighted by atomic mass is 9.91. The lowest BCUT2D eigenvalue weighted by Crippen LogP contribution is -2.54. The SMILES string of the molecule is C[C@H]1CN(c2cc(-c3[nH]nc4ccc(OC5(C)CC5)cc34)ncn2)CCN1CC1CCN(CC2CCN(c3cc4c(cc3F)C(=O)N(C3CCC(=O)NC3=O)C4=O)CC2)CC1. The highest BCUT2D eigenvalue weighted by atomic mass is 19.1. The number of aromatic nitrogens is 4. The molecule has 4 saturated heterocycles. The molecule has 5 aliphatic heterocycles. The third-order valence-electron chi connectivity index (χ3n) is 14.0. The fourth-order valence-electron chi connectivity index (χ4n) is 10.1. The Hall–Kier alpha value is -5.48. The van der Waals surface area contributed by atoms with Gasteiger partial charge >= 0.3 is 0 Å². The first-order valence-electron chi connectivity index (χ1n) is 22.0. The molecule has 0 radical (unpaired) electrons. The van der Waals surface area contributed by atoms with Crippen LogP contribution in [0.5, 0.6) is 5.75 Å². The quantitative estimate of drug-likeness (QED) is 0.214. The van der Waals surface area contributed by atoms with Crippen LogP contribution in [0.25, 0.3) is 22.3 Å². The number of likely N-dealkylation sites (tertiary alicyclic amines) is 1. The molecule has 10 rings (SSSR count). The van der Waals surface area contributed by atoms with E-state index in [9.17, 15) is 19.2 Å². The molecule has 2 atom stereocenters. The molecule has 320 valence electrons. The number of hydrogen-bond donors (Lipinski definition) is 2. The second-order valence-corrected chi connectivity index (χ2v) is 18.4. The predicted molar refractivity (Wildman–Crippen MR) is 226 cm³/mol. The molecule has 7 heterocycles. The summed E-state index contributed by atoms with van der Waals surface area (Å²) in [4.78, 5) is 70.4. The van der Waals surface area contributed by atoms with Crippen molar-refractivity contribution >= 4 is 46.0 Å². The highest BCUT2D eigenvalue weighted by Gasteiger charge is 2.45. The molecular weight excluding hydrogens is 780 g/mol. The van der Waals surface area contributed by atoms with Crippen molar-refractivity contribution in [3.63, 3.8) is 0 Å². The molecule has 6 aliphatic rings. The van der Waals surface area contributed by atoms with E-state index in [0.717, 1.165) is 116 Å². The van der Waals surface area contributed by atoms with Crippen LogP contribution in [0.2, 0.25) is 0 Å². The molecule has 4 amide bonds. The van der Waals surface area contributed by atoms with Crippen LogP contribution >= 0.6 is 0 Å². The first-order chi connectivity index (χ1) is 29.5. The predicted octanol–water partition coefficient (Wildman–Crippen LogP) is 4.63. The number of amides is 4. The third-order valence-corrected chi connectivity index (χ3v) is 14.0. The summed E-state index contributed by atoms with van der Waals surface area (Å²) in [5.41, 5.74) is 2.90. The van der Waals surface area contributed by atoms with E-state index in [-0.39, 0.29) is 29.6 Å². The first kappa shape index (κ1) is 39.6. The number of carbonyl (C=O) groups excluding carboxylic acids is 4. The minimum absolute atomic E-state index is 0.0333. The average molecular weight is 833 g/mol.